The maximum absolute atomic E-state index is 5.80. The Hall–Kier alpha value is -1.02. The second kappa shape index (κ2) is 4.01. The predicted molar refractivity (Wildman–Crippen MR) is 57.8 cm³/mol. The van der Waals surface area contributed by atoms with E-state index in [1.54, 1.807) is 0 Å². The third-order valence-electron chi connectivity index (χ3n) is 2.37. The van der Waals surface area contributed by atoms with E-state index in [1.165, 1.54) is 0 Å². The molecule has 1 atom stereocenters. The molecule has 0 fully saturated rings. The van der Waals surface area contributed by atoms with E-state index >= 15 is 0 Å². The Labute approximate surface area is 88.5 Å². The summed E-state index contributed by atoms with van der Waals surface area (Å²) in [6.45, 7) is 2.10. The molecule has 1 aliphatic heterocycles. The zero-order valence-electron chi connectivity index (χ0n) is 8.03. The van der Waals surface area contributed by atoms with Crippen LogP contribution in [0.3, 0.4) is 0 Å². The highest BCUT2D eigenvalue weighted by molar-refractivity contribution is 6.30. The second-order valence-electron chi connectivity index (χ2n) is 3.38. The SMILES string of the molecule is CCC1CC(c2ccc(Cl)cc2)=NO1. The van der Waals surface area contributed by atoms with Gasteiger partial charge in [0.1, 0.15) is 6.10 Å². The molecule has 2 nitrogen and oxygen atoms in total. The lowest BCUT2D eigenvalue weighted by molar-refractivity contribution is 0.0829. The van der Waals surface area contributed by atoms with Crippen molar-refractivity contribution in [1.82, 2.24) is 0 Å². The molecule has 0 aromatic heterocycles. The van der Waals surface area contributed by atoms with Gasteiger partial charge in [-0.3, -0.25) is 0 Å². The van der Waals surface area contributed by atoms with Crippen LogP contribution in [0.15, 0.2) is 29.4 Å². The summed E-state index contributed by atoms with van der Waals surface area (Å²) in [6, 6.07) is 7.70. The van der Waals surface area contributed by atoms with Crippen molar-refractivity contribution in [2.45, 2.75) is 25.9 Å². The van der Waals surface area contributed by atoms with Crippen LogP contribution in [0.4, 0.5) is 0 Å². The van der Waals surface area contributed by atoms with Gasteiger partial charge in [-0.2, -0.15) is 0 Å². The Morgan fingerprint density at radius 2 is 2.14 bits per heavy atom. The van der Waals surface area contributed by atoms with Crippen LogP contribution in [0.5, 0.6) is 0 Å². The van der Waals surface area contributed by atoms with Crippen LogP contribution in [-0.2, 0) is 4.84 Å². The van der Waals surface area contributed by atoms with E-state index in [0.29, 0.717) is 0 Å². The van der Waals surface area contributed by atoms with Crippen molar-refractivity contribution >= 4 is 17.3 Å². The van der Waals surface area contributed by atoms with Gasteiger partial charge in [0.25, 0.3) is 0 Å². The molecule has 1 heterocycles. The minimum absolute atomic E-state index is 0.251. The van der Waals surface area contributed by atoms with Gasteiger partial charge < -0.3 is 4.84 Å². The van der Waals surface area contributed by atoms with Crippen LogP contribution in [-0.4, -0.2) is 11.8 Å². The first kappa shape index (κ1) is 9.53. The molecular weight excluding hydrogens is 198 g/mol. The summed E-state index contributed by atoms with van der Waals surface area (Å²) >= 11 is 5.80. The summed E-state index contributed by atoms with van der Waals surface area (Å²) in [5.41, 5.74) is 2.12. The first-order valence-corrected chi connectivity index (χ1v) is 5.16. The van der Waals surface area contributed by atoms with Crippen LogP contribution in [0.1, 0.15) is 25.3 Å². The Morgan fingerprint density at radius 3 is 2.71 bits per heavy atom. The quantitative estimate of drug-likeness (QED) is 0.733. The average molecular weight is 210 g/mol. The second-order valence-corrected chi connectivity index (χ2v) is 3.82. The molecule has 0 saturated heterocycles. The summed E-state index contributed by atoms with van der Waals surface area (Å²) in [6.07, 6.45) is 2.15. The minimum Gasteiger partial charge on any atom is -0.392 e. The van der Waals surface area contributed by atoms with Crippen molar-refractivity contribution in [3.05, 3.63) is 34.9 Å². The Morgan fingerprint density at radius 1 is 1.43 bits per heavy atom. The number of hydrogen-bond acceptors (Lipinski definition) is 2. The van der Waals surface area contributed by atoms with Gasteiger partial charge in [-0.15, -0.1) is 0 Å². The highest BCUT2D eigenvalue weighted by Gasteiger charge is 2.19. The predicted octanol–water partition coefficient (Wildman–Crippen LogP) is 3.24. The normalized spacial score (nSPS) is 20.4. The number of hydrogen-bond donors (Lipinski definition) is 0. The van der Waals surface area contributed by atoms with Crippen LogP contribution in [0.25, 0.3) is 0 Å². The first-order valence-electron chi connectivity index (χ1n) is 4.78. The van der Waals surface area contributed by atoms with Gasteiger partial charge >= 0.3 is 0 Å². The third kappa shape index (κ3) is 1.90. The van der Waals surface area contributed by atoms with E-state index in [1.807, 2.05) is 24.3 Å². The van der Waals surface area contributed by atoms with Crippen LogP contribution < -0.4 is 0 Å². The summed E-state index contributed by atoms with van der Waals surface area (Å²) in [5.74, 6) is 0. The fraction of sp³-hybridized carbons (Fsp3) is 0.364. The van der Waals surface area contributed by atoms with Gasteiger partial charge in [-0.1, -0.05) is 35.8 Å². The Kier molecular flexibility index (Phi) is 2.73. The molecule has 1 aliphatic rings. The van der Waals surface area contributed by atoms with Gasteiger partial charge in [0, 0.05) is 11.4 Å². The summed E-state index contributed by atoms with van der Waals surface area (Å²) in [4.78, 5) is 5.25. The molecule has 0 spiro atoms. The minimum atomic E-state index is 0.251. The molecule has 2 rings (SSSR count). The number of benzene rings is 1. The van der Waals surface area contributed by atoms with E-state index < -0.39 is 0 Å². The van der Waals surface area contributed by atoms with Crippen molar-refractivity contribution in [3.8, 4) is 0 Å². The third-order valence-corrected chi connectivity index (χ3v) is 2.62. The molecule has 14 heavy (non-hydrogen) atoms. The molecular formula is C11H12ClNO. The number of oxime groups is 1. The molecule has 0 saturated carbocycles. The standard InChI is InChI=1S/C11H12ClNO/c1-2-10-7-11(13-14-10)8-3-5-9(12)6-4-8/h3-6,10H,2,7H2,1H3. The van der Waals surface area contributed by atoms with Crippen molar-refractivity contribution in [3.63, 3.8) is 0 Å². The van der Waals surface area contributed by atoms with Gasteiger partial charge in [0.05, 0.1) is 5.71 Å². The molecule has 0 aliphatic carbocycles. The summed E-state index contributed by atoms with van der Waals surface area (Å²) < 4.78 is 0. The molecule has 1 unspecified atom stereocenters. The van der Waals surface area contributed by atoms with Crippen molar-refractivity contribution in [1.29, 1.82) is 0 Å². The zero-order valence-corrected chi connectivity index (χ0v) is 8.79. The van der Waals surface area contributed by atoms with Gasteiger partial charge in [0.2, 0.25) is 0 Å². The lowest BCUT2D eigenvalue weighted by Crippen LogP contribution is -2.06. The van der Waals surface area contributed by atoms with Gasteiger partial charge in [-0.05, 0) is 24.1 Å². The highest BCUT2D eigenvalue weighted by atomic mass is 35.5. The molecule has 0 radical (unpaired) electrons. The van der Waals surface area contributed by atoms with E-state index in [4.69, 9.17) is 16.4 Å². The van der Waals surface area contributed by atoms with Crippen LogP contribution in [0, 0.1) is 0 Å². The first-order chi connectivity index (χ1) is 6.79. The summed E-state index contributed by atoms with van der Waals surface area (Å²) in [5, 5.41) is 4.81. The maximum Gasteiger partial charge on any atom is 0.133 e. The van der Waals surface area contributed by atoms with Crippen LogP contribution in [0.2, 0.25) is 5.02 Å². The molecule has 1 aromatic carbocycles. The topological polar surface area (TPSA) is 21.6 Å². The van der Waals surface area contributed by atoms with E-state index in [9.17, 15) is 0 Å². The van der Waals surface area contributed by atoms with Crippen LogP contribution >= 0.6 is 11.6 Å². The Bertz CT molecular complexity index is 345. The van der Waals surface area contributed by atoms with Gasteiger partial charge in [-0.25, -0.2) is 0 Å². The lowest BCUT2D eigenvalue weighted by atomic mass is 10.0. The van der Waals surface area contributed by atoms with E-state index in [2.05, 4.69) is 12.1 Å². The van der Waals surface area contributed by atoms with E-state index in [0.717, 1.165) is 29.1 Å². The number of halogens is 1. The van der Waals surface area contributed by atoms with E-state index in [-0.39, 0.29) is 6.10 Å². The highest BCUT2D eigenvalue weighted by Crippen LogP contribution is 2.19. The molecule has 74 valence electrons. The molecule has 3 heteroatoms. The smallest absolute Gasteiger partial charge is 0.133 e. The average Bonchev–Trinajstić information content (AvgIpc) is 2.67. The van der Waals surface area contributed by atoms with Crippen molar-refractivity contribution < 1.29 is 4.84 Å². The maximum atomic E-state index is 5.80. The Balaban J connectivity index is 2.13. The zero-order chi connectivity index (χ0) is 9.97. The molecule has 0 amide bonds. The lowest BCUT2D eigenvalue weighted by Gasteiger charge is -2.02. The molecule has 1 aromatic rings. The summed E-state index contributed by atoms with van der Waals surface area (Å²) in [7, 11) is 0. The fourth-order valence-corrected chi connectivity index (χ4v) is 1.59. The monoisotopic (exact) mass is 209 g/mol. The van der Waals surface area contributed by atoms with Gasteiger partial charge in [0.15, 0.2) is 0 Å². The molecule has 0 bridgehead atoms. The van der Waals surface area contributed by atoms with Crippen molar-refractivity contribution in [2.75, 3.05) is 0 Å². The largest absolute Gasteiger partial charge is 0.392 e. The number of nitrogens with zero attached hydrogens (tertiary/aromatic N) is 1. The fourth-order valence-electron chi connectivity index (χ4n) is 1.46. The van der Waals surface area contributed by atoms with Crippen molar-refractivity contribution in [2.24, 2.45) is 5.16 Å². The molecule has 0 N–H and O–H groups in total. The number of rotatable bonds is 2.